The number of anilines is 1. The zero-order valence-electron chi connectivity index (χ0n) is 15.1. The smallest absolute Gasteiger partial charge is 0.257 e. The number of amides is 1. The van der Waals surface area contributed by atoms with Gasteiger partial charge in [0.05, 0.1) is 18.4 Å². The lowest BCUT2D eigenvalue weighted by Gasteiger charge is -2.41. The summed E-state index contributed by atoms with van der Waals surface area (Å²) >= 11 is 0. The second-order valence-electron chi connectivity index (χ2n) is 6.47. The Hall–Kier alpha value is -3.21. The summed E-state index contributed by atoms with van der Waals surface area (Å²) in [5.41, 5.74) is 3.81. The lowest BCUT2D eigenvalue weighted by atomic mass is 10.0. The van der Waals surface area contributed by atoms with Crippen LogP contribution < -0.4 is 9.64 Å². The van der Waals surface area contributed by atoms with Crippen LogP contribution >= 0.6 is 0 Å². The van der Waals surface area contributed by atoms with Crippen LogP contribution in [0.3, 0.4) is 0 Å². The van der Waals surface area contributed by atoms with Crippen molar-refractivity contribution in [3.63, 3.8) is 0 Å². The molecule has 1 aliphatic heterocycles. The molecule has 0 saturated heterocycles. The van der Waals surface area contributed by atoms with E-state index in [2.05, 4.69) is 21.7 Å². The van der Waals surface area contributed by atoms with Crippen molar-refractivity contribution in [2.75, 3.05) is 26.1 Å². The van der Waals surface area contributed by atoms with Crippen LogP contribution in [0.5, 0.6) is 5.75 Å². The van der Waals surface area contributed by atoms with Gasteiger partial charge in [0.1, 0.15) is 11.9 Å². The minimum absolute atomic E-state index is 0.0425. The Balaban J connectivity index is 1.69. The van der Waals surface area contributed by atoms with Gasteiger partial charge in [-0.25, -0.2) is 0 Å². The van der Waals surface area contributed by atoms with Crippen LogP contribution in [0.1, 0.15) is 22.1 Å². The lowest BCUT2D eigenvalue weighted by Crippen LogP contribution is -2.45. The van der Waals surface area contributed by atoms with E-state index in [0.717, 1.165) is 28.3 Å². The Morgan fingerprint density at radius 2 is 1.65 bits per heavy atom. The molecule has 0 spiro atoms. The zero-order valence-corrected chi connectivity index (χ0v) is 15.1. The molecule has 132 valence electrons. The summed E-state index contributed by atoms with van der Waals surface area (Å²) < 4.78 is 7.28. The zero-order chi connectivity index (χ0) is 18.3. The summed E-state index contributed by atoms with van der Waals surface area (Å²) in [5, 5.41) is 0. The Morgan fingerprint density at radius 3 is 2.38 bits per heavy atom. The van der Waals surface area contributed by atoms with Gasteiger partial charge in [-0.15, -0.1) is 0 Å². The maximum atomic E-state index is 12.8. The molecule has 2 heterocycles. The molecule has 0 fully saturated rings. The van der Waals surface area contributed by atoms with Gasteiger partial charge in [0.25, 0.3) is 5.91 Å². The molecule has 0 aliphatic carbocycles. The number of hydrogen-bond donors (Lipinski definition) is 0. The molecule has 0 saturated carbocycles. The highest BCUT2D eigenvalue weighted by Crippen LogP contribution is 2.36. The van der Waals surface area contributed by atoms with Crippen molar-refractivity contribution in [1.29, 1.82) is 0 Å². The summed E-state index contributed by atoms with van der Waals surface area (Å²) in [6.45, 7) is 0. The van der Waals surface area contributed by atoms with Crippen LogP contribution in [0.2, 0.25) is 0 Å². The highest BCUT2D eigenvalue weighted by molar-refractivity contribution is 6.01. The normalized spacial score (nSPS) is 16.6. The summed E-state index contributed by atoms with van der Waals surface area (Å²) in [5.74, 6) is 0.871. The van der Waals surface area contributed by atoms with Gasteiger partial charge in [0.2, 0.25) is 0 Å². The van der Waals surface area contributed by atoms with Crippen molar-refractivity contribution in [1.82, 2.24) is 9.47 Å². The first-order chi connectivity index (χ1) is 12.6. The summed E-state index contributed by atoms with van der Waals surface area (Å²) in [7, 11) is 5.54. The third-order valence-electron chi connectivity index (χ3n) is 4.95. The van der Waals surface area contributed by atoms with E-state index in [-0.39, 0.29) is 12.1 Å². The van der Waals surface area contributed by atoms with Crippen molar-refractivity contribution in [3.8, 4) is 11.4 Å². The topological polar surface area (TPSA) is 37.7 Å². The number of carbonyl (C=O) groups is 1. The van der Waals surface area contributed by atoms with E-state index in [1.807, 2.05) is 68.8 Å². The number of methoxy groups -OCH3 is 1. The standard InChI is InChI=1S/C21H21N3O2/c1-22-19-7-5-4-6-18(19)21(25)23(2)20(22)15-12-13-24(14-15)16-8-10-17(26-3)11-9-16/h4-14,20H,1-3H3/t20-/m1/s1. The summed E-state index contributed by atoms with van der Waals surface area (Å²) in [6.07, 6.45) is 3.95. The third kappa shape index (κ3) is 2.52. The van der Waals surface area contributed by atoms with Gasteiger partial charge in [0.15, 0.2) is 0 Å². The molecule has 4 rings (SSSR count). The number of carbonyl (C=O) groups excluding carboxylic acids is 1. The second-order valence-corrected chi connectivity index (χ2v) is 6.47. The molecule has 1 aromatic heterocycles. The Labute approximate surface area is 153 Å². The van der Waals surface area contributed by atoms with Crippen LogP contribution in [0.4, 0.5) is 5.69 Å². The van der Waals surface area contributed by atoms with E-state index in [4.69, 9.17) is 4.74 Å². The molecule has 0 unspecified atom stereocenters. The van der Waals surface area contributed by atoms with E-state index in [9.17, 15) is 4.79 Å². The van der Waals surface area contributed by atoms with Gasteiger partial charge in [-0.2, -0.15) is 0 Å². The van der Waals surface area contributed by atoms with Crippen molar-refractivity contribution in [3.05, 3.63) is 78.1 Å². The number of fused-ring (bicyclic) bond motifs is 1. The average molecular weight is 347 g/mol. The van der Waals surface area contributed by atoms with E-state index in [1.165, 1.54) is 0 Å². The first-order valence-corrected chi connectivity index (χ1v) is 8.51. The molecule has 5 nitrogen and oxygen atoms in total. The van der Waals surface area contributed by atoms with Crippen LogP contribution in [0.15, 0.2) is 67.0 Å². The van der Waals surface area contributed by atoms with Gasteiger partial charge >= 0.3 is 0 Å². The predicted molar refractivity (Wildman–Crippen MR) is 102 cm³/mol. The molecule has 5 heteroatoms. The maximum Gasteiger partial charge on any atom is 0.257 e. The van der Waals surface area contributed by atoms with E-state index < -0.39 is 0 Å². The minimum atomic E-state index is -0.142. The predicted octanol–water partition coefficient (Wildman–Crippen LogP) is 3.71. The highest BCUT2D eigenvalue weighted by Gasteiger charge is 2.34. The number of benzene rings is 2. The van der Waals surface area contributed by atoms with Crippen LogP contribution in [0, 0.1) is 0 Å². The molecule has 3 aromatic rings. The van der Waals surface area contributed by atoms with Crippen LogP contribution in [-0.4, -0.2) is 36.6 Å². The maximum absolute atomic E-state index is 12.8. The monoisotopic (exact) mass is 347 g/mol. The first-order valence-electron chi connectivity index (χ1n) is 8.51. The third-order valence-corrected chi connectivity index (χ3v) is 4.95. The van der Waals surface area contributed by atoms with Gasteiger partial charge in [0, 0.05) is 37.7 Å². The molecular formula is C21H21N3O2. The molecule has 1 amide bonds. The molecule has 1 atom stereocenters. The second kappa shape index (κ2) is 6.26. The molecule has 2 aromatic carbocycles. The van der Waals surface area contributed by atoms with Crippen LogP contribution in [0.25, 0.3) is 5.69 Å². The van der Waals surface area contributed by atoms with Crippen molar-refractivity contribution < 1.29 is 9.53 Å². The van der Waals surface area contributed by atoms with Gasteiger partial charge in [-0.3, -0.25) is 4.79 Å². The number of aromatic nitrogens is 1. The Bertz CT molecular complexity index is 946. The van der Waals surface area contributed by atoms with Crippen LogP contribution in [-0.2, 0) is 0 Å². The van der Waals surface area contributed by atoms with E-state index in [1.54, 1.807) is 12.0 Å². The number of ether oxygens (including phenoxy) is 1. The molecule has 0 radical (unpaired) electrons. The van der Waals surface area contributed by atoms with E-state index >= 15 is 0 Å². The summed E-state index contributed by atoms with van der Waals surface area (Å²) in [6, 6.07) is 17.7. The molecule has 0 N–H and O–H groups in total. The van der Waals surface area contributed by atoms with Crippen molar-refractivity contribution >= 4 is 11.6 Å². The highest BCUT2D eigenvalue weighted by atomic mass is 16.5. The number of nitrogens with zero attached hydrogens (tertiary/aromatic N) is 3. The minimum Gasteiger partial charge on any atom is -0.497 e. The fraction of sp³-hybridized carbons (Fsp3) is 0.190. The molecule has 1 aliphatic rings. The molecule has 26 heavy (non-hydrogen) atoms. The van der Waals surface area contributed by atoms with Gasteiger partial charge < -0.3 is 19.1 Å². The Morgan fingerprint density at radius 1 is 0.923 bits per heavy atom. The fourth-order valence-corrected chi connectivity index (χ4v) is 3.58. The van der Waals surface area contributed by atoms with Crippen molar-refractivity contribution in [2.24, 2.45) is 0 Å². The SMILES string of the molecule is COc1ccc(-n2ccc([C@H]3N(C)C(=O)c4ccccc4N3C)c2)cc1. The fourth-order valence-electron chi connectivity index (χ4n) is 3.58. The Kier molecular flexibility index (Phi) is 3.92. The van der Waals surface area contributed by atoms with Gasteiger partial charge in [-0.1, -0.05) is 12.1 Å². The molecule has 0 bridgehead atoms. The van der Waals surface area contributed by atoms with E-state index in [0.29, 0.717) is 0 Å². The number of rotatable bonds is 3. The van der Waals surface area contributed by atoms with Gasteiger partial charge in [-0.05, 0) is 42.5 Å². The first kappa shape index (κ1) is 16.3. The lowest BCUT2D eigenvalue weighted by molar-refractivity contribution is 0.0711. The van der Waals surface area contributed by atoms with Crippen molar-refractivity contribution in [2.45, 2.75) is 6.17 Å². The quantitative estimate of drug-likeness (QED) is 0.725. The summed E-state index contributed by atoms with van der Waals surface area (Å²) in [4.78, 5) is 16.7. The number of para-hydroxylation sites is 1. The number of hydrogen-bond acceptors (Lipinski definition) is 3. The molecular weight excluding hydrogens is 326 g/mol. The average Bonchev–Trinajstić information content (AvgIpc) is 3.16. The largest absolute Gasteiger partial charge is 0.497 e.